The highest BCUT2D eigenvalue weighted by Crippen LogP contribution is 2.25. The third-order valence-corrected chi connectivity index (χ3v) is 4.16. The first-order valence-electron chi connectivity index (χ1n) is 7.51. The number of nitrogens with zero attached hydrogens (tertiary/aromatic N) is 4. The third-order valence-electron chi connectivity index (χ3n) is 3.48. The van der Waals surface area contributed by atoms with E-state index in [2.05, 4.69) is 21.5 Å². The van der Waals surface area contributed by atoms with E-state index in [1.807, 2.05) is 24.3 Å². The van der Waals surface area contributed by atoms with Gasteiger partial charge in [-0.05, 0) is 24.3 Å². The van der Waals surface area contributed by atoms with Crippen molar-refractivity contribution in [3.05, 3.63) is 47.6 Å². The molecule has 0 aliphatic carbocycles. The number of hydrogen-bond donors (Lipinski definition) is 1. The van der Waals surface area contributed by atoms with Gasteiger partial charge in [-0.15, -0.1) is 11.3 Å². The highest BCUT2D eigenvalue weighted by molar-refractivity contribution is 7.13. The average molecular weight is 353 g/mol. The van der Waals surface area contributed by atoms with E-state index in [1.54, 1.807) is 29.6 Å². The fourth-order valence-electron chi connectivity index (χ4n) is 2.28. The normalized spacial score (nSPS) is 10.2. The fourth-order valence-corrected chi connectivity index (χ4v) is 2.80. The predicted octanol–water partition coefficient (Wildman–Crippen LogP) is 3.18. The number of anilines is 1. The van der Waals surface area contributed by atoms with Crippen LogP contribution in [0.15, 0.2) is 42.0 Å². The molecule has 2 aromatic heterocycles. The lowest BCUT2D eigenvalue weighted by atomic mass is 10.1. The van der Waals surface area contributed by atoms with Crippen molar-refractivity contribution in [2.45, 2.75) is 13.0 Å². The quantitative estimate of drug-likeness (QED) is 0.735. The van der Waals surface area contributed by atoms with Crippen molar-refractivity contribution in [2.75, 3.05) is 12.4 Å². The summed E-state index contributed by atoms with van der Waals surface area (Å²) in [4.78, 5) is 16.7. The molecule has 1 amide bonds. The highest BCUT2D eigenvalue weighted by Gasteiger charge is 2.19. The molecule has 0 atom stereocenters. The smallest absolute Gasteiger partial charge is 0.261 e. The van der Waals surface area contributed by atoms with Crippen LogP contribution < -0.4 is 10.1 Å². The Morgan fingerprint density at radius 1 is 1.40 bits per heavy atom. The molecule has 1 N–H and O–H groups in total. The minimum atomic E-state index is -0.288. The lowest BCUT2D eigenvalue weighted by Gasteiger charge is -2.04. The first-order chi connectivity index (χ1) is 12.2. The molecule has 0 aliphatic heterocycles. The Bertz CT molecular complexity index is 894. The second-order valence-electron chi connectivity index (χ2n) is 5.08. The summed E-state index contributed by atoms with van der Waals surface area (Å²) < 4.78 is 6.77. The number of carbonyl (C=O) groups is 1. The molecule has 0 aliphatic rings. The lowest BCUT2D eigenvalue weighted by Crippen LogP contribution is -2.12. The number of nitrogens with one attached hydrogen (secondary N) is 1. The van der Waals surface area contributed by atoms with E-state index in [4.69, 9.17) is 10.00 Å². The van der Waals surface area contributed by atoms with Gasteiger partial charge in [0, 0.05) is 23.3 Å². The number of methoxy groups -OCH3 is 1. The van der Waals surface area contributed by atoms with Gasteiger partial charge in [0.2, 0.25) is 0 Å². The fraction of sp³-hybridized carbons (Fsp3) is 0.176. The van der Waals surface area contributed by atoms with Crippen LogP contribution >= 0.6 is 11.3 Å². The Labute approximate surface area is 148 Å². The zero-order chi connectivity index (χ0) is 17.6. The molecule has 0 fully saturated rings. The number of amides is 1. The summed E-state index contributed by atoms with van der Waals surface area (Å²) in [5, 5.41) is 18.3. The summed E-state index contributed by atoms with van der Waals surface area (Å²) in [6.45, 7) is 0.421. The van der Waals surface area contributed by atoms with Gasteiger partial charge < -0.3 is 4.74 Å². The average Bonchev–Trinajstić information content (AvgIpc) is 3.29. The van der Waals surface area contributed by atoms with Crippen LogP contribution in [0, 0.1) is 11.3 Å². The maximum Gasteiger partial charge on any atom is 0.261 e. The second kappa shape index (κ2) is 7.59. The van der Waals surface area contributed by atoms with Crippen molar-refractivity contribution >= 4 is 22.4 Å². The number of aryl methyl sites for hydroxylation is 1. The van der Waals surface area contributed by atoms with Crippen LogP contribution in [0.1, 0.15) is 16.8 Å². The largest absolute Gasteiger partial charge is 0.497 e. The van der Waals surface area contributed by atoms with Gasteiger partial charge in [-0.2, -0.15) is 10.4 Å². The summed E-state index contributed by atoms with van der Waals surface area (Å²) in [5.41, 5.74) is 1.77. The van der Waals surface area contributed by atoms with E-state index in [-0.39, 0.29) is 5.91 Å². The Balaban J connectivity index is 1.95. The first-order valence-corrected chi connectivity index (χ1v) is 8.39. The Kier molecular flexibility index (Phi) is 5.06. The zero-order valence-electron chi connectivity index (χ0n) is 13.5. The van der Waals surface area contributed by atoms with Gasteiger partial charge in [-0.1, -0.05) is 0 Å². The standard InChI is InChI=1S/C17H15N5O2S/c1-24-13-5-3-12(4-6-13)15-14(11-22(21-15)9-2-7-18)16(23)20-17-19-8-10-25-17/h3-6,8,10-11H,2,9H2,1H3,(H,19,20,23). The maximum atomic E-state index is 12.6. The molecular formula is C17H15N5O2S. The van der Waals surface area contributed by atoms with Gasteiger partial charge in [-0.3, -0.25) is 14.8 Å². The maximum absolute atomic E-state index is 12.6. The molecule has 0 saturated carbocycles. The zero-order valence-corrected chi connectivity index (χ0v) is 14.3. The molecule has 8 heteroatoms. The van der Waals surface area contributed by atoms with Crippen LogP contribution in [0.5, 0.6) is 5.75 Å². The topological polar surface area (TPSA) is 92.8 Å². The van der Waals surface area contributed by atoms with E-state index in [9.17, 15) is 4.79 Å². The molecular weight excluding hydrogens is 338 g/mol. The number of carbonyl (C=O) groups excluding carboxylic acids is 1. The lowest BCUT2D eigenvalue weighted by molar-refractivity contribution is 0.102. The minimum Gasteiger partial charge on any atom is -0.497 e. The van der Waals surface area contributed by atoms with Gasteiger partial charge in [0.15, 0.2) is 5.13 Å². The monoisotopic (exact) mass is 353 g/mol. The van der Waals surface area contributed by atoms with Gasteiger partial charge in [-0.25, -0.2) is 4.98 Å². The van der Waals surface area contributed by atoms with Gasteiger partial charge in [0.1, 0.15) is 11.4 Å². The molecule has 0 unspecified atom stereocenters. The predicted molar refractivity (Wildman–Crippen MR) is 94.5 cm³/mol. The molecule has 25 heavy (non-hydrogen) atoms. The third kappa shape index (κ3) is 3.84. The van der Waals surface area contributed by atoms with Crippen molar-refractivity contribution in [1.29, 1.82) is 5.26 Å². The van der Waals surface area contributed by atoms with E-state index in [1.165, 1.54) is 11.3 Å². The molecule has 1 aromatic carbocycles. The van der Waals surface area contributed by atoms with E-state index < -0.39 is 0 Å². The number of thiazole rings is 1. The summed E-state index contributed by atoms with van der Waals surface area (Å²) in [6, 6.07) is 9.39. The summed E-state index contributed by atoms with van der Waals surface area (Å²) in [7, 11) is 1.60. The van der Waals surface area contributed by atoms with Crippen LogP contribution in [0.2, 0.25) is 0 Å². The van der Waals surface area contributed by atoms with Crippen molar-refractivity contribution in [2.24, 2.45) is 0 Å². The number of nitriles is 1. The van der Waals surface area contributed by atoms with Crippen LogP contribution in [0.25, 0.3) is 11.3 Å². The van der Waals surface area contributed by atoms with Gasteiger partial charge in [0.25, 0.3) is 5.91 Å². The minimum absolute atomic E-state index is 0.288. The van der Waals surface area contributed by atoms with E-state index >= 15 is 0 Å². The molecule has 0 saturated heterocycles. The van der Waals surface area contributed by atoms with E-state index in [0.717, 1.165) is 11.3 Å². The Morgan fingerprint density at radius 3 is 2.84 bits per heavy atom. The summed E-state index contributed by atoms with van der Waals surface area (Å²) in [5.74, 6) is 0.436. The Morgan fingerprint density at radius 2 is 2.20 bits per heavy atom. The Hall–Kier alpha value is -3.18. The van der Waals surface area contributed by atoms with Gasteiger partial charge in [0.05, 0.1) is 31.7 Å². The van der Waals surface area contributed by atoms with Crippen LogP contribution in [-0.2, 0) is 6.54 Å². The molecule has 3 rings (SSSR count). The van der Waals surface area contributed by atoms with Crippen LogP contribution in [0.4, 0.5) is 5.13 Å². The number of aromatic nitrogens is 3. The van der Waals surface area contributed by atoms with Crippen molar-refractivity contribution in [1.82, 2.24) is 14.8 Å². The highest BCUT2D eigenvalue weighted by atomic mass is 32.1. The molecule has 3 aromatic rings. The molecule has 2 heterocycles. The van der Waals surface area contributed by atoms with Crippen LogP contribution in [0.3, 0.4) is 0 Å². The summed E-state index contributed by atoms with van der Waals surface area (Å²) in [6.07, 6.45) is 3.60. The first kappa shape index (κ1) is 16.7. The van der Waals surface area contributed by atoms with Crippen molar-refractivity contribution in [3.63, 3.8) is 0 Å². The molecule has 7 nitrogen and oxygen atoms in total. The van der Waals surface area contributed by atoms with Crippen LogP contribution in [-0.4, -0.2) is 27.8 Å². The molecule has 0 bridgehead atoms. The summed E-state index contributed by atoms with van der Waals surface area (Å²) >= 11 is 1.34. The number of rotatable bonds is 6. The number of benzene rings is 1. The number of hydrogen-bond acceptors (Lipinski definition) is 6. The molecule has 0 spiro atoms. The number of ether oxygens (including phenoxy) is 1. The SMILES string of the molecule is COc1ccc(-c2nn(CCC#N)cc2C(=O)Nc2nccs2)cc1. The van der Waals surface area contributed by atoms with Gasteiger partial charge >= 0.3 is 0 Å². The second-order valence-corrected chi connectivity index (χ2v) is 5.98. The molecule has 0 radical (unpaired) electrons. The van der Waals surface area contributed by atoms with Crippen molar-refractivity contribution in [3.8, 4) is 23.1 Å². The molecule has 126 valence electrons. The van der Waals surface area contributed by atoms with E-state index in [0.29, 0.717) is 29.4 Å². The van der Waals surface area contributed by atoms with Crippen molar-refractivity contribution < 1.29 is 9.53 Å².